The molecule has 0 fully saturated rings. The first-order chi connectivity index (χ1) is 15.5. The second-order valence-corrected chi connectivity index (χ2v) is 8.11. The molecular weight excluding hydrogens is 563 g/mol. The molecule has 0 radical (unpaired) electrons. The molecule has 0 saturated carbocycles. The van der Waals surface area contributed by atoms with Gasteiger partial charge < -0.3 is 7.43 Å². The van der Waals surface area contributed by atoms with Gasteiger partial charge in [0, 0.05) is 16.5 Å². The van der Waals surface area contributed by atoms with Crippen molar-refractivity contribution < 1.29 is 17.2 Å². The molecule has 4 aromatic carbocycles. The topological polar surface area (TPSA) is 24.7 Å². The van der Waals surface area contributed by atoms with Crippen molar-refractivity contribution >= 4 is 47.0 Å². The van der Waals surface area contributed by atoms with Gasteiger partial charge in [-0.25, -0.2) is 9.98 Å². The van der Waals surface area contributed by atoms with Gasteiger partial charge in [0.25, 0.3) is 0 Å². The Morgan fingerprint density at radius 3 is 1.24 bits per heavy atom. The fourth-order valence-corrected chi connectivity index (χ4v) is 4.40. The van der Waals surface area contributed by atoms with Crippen molar-refractivity contribution in [3.05, 3.63) is 114 Å². The first-order valence-corrected chi connectivity index (χ1v) is 14.0. The molecular formula is C29H27BrN2Pd. The molecule has 33 heavy (non-hydrogen) atoms. The molecule has 0 saturated heterocycles. The van der Waals surface area contributed by atoms with Gasteiger partial charge in [0.2, 0.25) is 0 Å². The van der Waals surface area contributed by atoms with Crippen LogP contribution in [0.15, 0.2) is 82.8 Å². The van der Waals surface area contributed by atoms with Crippen LogP contribution in [0.3, 0.4) is 0 Å². The number of hydrogen-bond acceptors (Lipinski definition) is 2. The Hall–Kier alpha value is -2.38. The number of halogens is 1. The summed E-state index contributed by atoms with van der Waals surface area (Å²) in [4.78, 5) is 10.4. The Kier molecular flexibility index (Phi) is 8.19. The van der Waals surface area contributed by atoms with Crippen molar-refractivity contribution in [2.24, 2.45) is 9.98 Å². The summed E-state index contributed by atoms with van der Waals surface area (Å²) in [5.74, 6) is 0. The Labute approximate surface area is 214 Å². The summed E-state index contributed by atoms with van der Waals surface area (Å²) in [7, 11) is 0. The van der Waals surface area contributed by atoms with E-state index in [0.717, 1.165) is 33.9 Å². The quantitative estimate of drug-likeness (QED) is 0.165. The minimum absolute atomic E-state index is 0. The third-order valence-electron chi connectivity index (χ3n) is 5.97. The van der Waals surface area contributed by atoms with Crippen LogP contribution in [-0.2, 0) is 17.2 Å². The number of benzene rings is 4. The SMILES string of the molecule is Cc1cccc(C)c1N=C1C(=Nc2c(C)cccc2C)c2cccc3cccc1c23.[Br][Pd+].[CH3-]. The number of hydrogen-bond donors (Lipinski definition) is 0. The fraction of sp³-hybridized carbons (Fsp3) is 0.138. The van der Waals surface area contributed by atoms with Crippen LogP contribution in [0.2, 0.25) is 0 Å². The minimum Gasteiger partial charge on any atom is -0.358 e. The van der Waals surface area contributed by atoms with Gasteiger partial charge in [0.05, 0.1) is 22.8 Å². The minimum atomic E-state index is 0. The zero-order chi connectivity index (χ0) is 22.8. The van der Waals surface area contributed by atoms with Crippen molar-refractivity contribution in [2.45, 2.75) is 27.7 Å². The second-order valence-electron chi connectivity index (χ2n) is 8.11. The van der Waals surface area contributed by atoms with E-state index in [1.54, 1.807) is 0 Å². The van der Waals surface area contributed by atoms with Gasteiger partial charge in [-0.05, 0) is 55.3 Å². The molecule has 2 nitrogen and oxygen atoms in total. The van der Waals surface area contributed by atoms with Gasteiger partial charge in [0.1, 0.15) is 0 Å². The predicted octanol–water partition coefficient (Wildman–Crippen LogP) is 8.62. The molecule has 0 atom stereocenters. The number of para-hydroxylation sites is 2. The van der Waals surface area contributed by atoms with Gasteiger partial charge in [-0.3, -0.25) is 0 Å². The first kappa shape index (κ1) is 25.2. The van der Waals surface area contributed by atoms with Gasteiger partial charge in [-0.1, -0.05) is 72.8 Å². The zero-order valence-corrected chi connectivity index (χ0v) is 22.7. The van der Waals surface area contributed by atoms with Gasteiger partial charge in [-0.2, -0.15) is 0 Å². The van der Waals surface area contributed by atoms with Crippen LogP contribution >= 0.6 is 13.4 Å². The van der Waals surface area contributed by atoms with Crippen LogP contribution in [0, 0.1) is 35.1 Å². The van der Waals surface area contributed by atoms with E-state index in [1.807, 2.05) is 0 Å². The average molecular weight is 590 g/mol. The molecule has 1 aliphatic carbocycles. The normalized spacial score (nSPS) is 14.3. The molecule has 1 aliphatic rings. The van der Waals surface area contributed by atoms with E-state index in [-0.39, 0.29) is 7.43 Å². The van der Waals surface area contributed by atoms with Crippen LogP contribution < -0.4 is 0 Å². The summed E-state index contributed by atoms with van der Waals surface area (Å²) in [5, 5.41) is 2.47. The number of aryl methyl sites for hydroxylation is 4. The molecule has 5 rings (SSSR count). The molecule has 4 heteroatoms. The van der Waals surface area contributed by atoms with Crippen LogP contribution in [0.1, 0.15) is 33.4 Å². The molecule has 170 valence electrons. The second kappa shape index (κ2) is 10.7. The third-order valence-corrected chi connectivity index (χ3v) is 5.97. The van der Waals surface area contributed by atoms with Crippen molar-refractivity contribution in [1.82, 2.24) is 0 Å². The molecule has 0 unspecified atom stereocenters. The summed E-state index contributed by atoms with van der Waals surface area (Å²) in [5.41, 5.74) is 11.0. The number of nitrogens with zero attached hydrogens (tertiary/aromatic N) is 2. The Balaban J connectivity index is 0.000000994. The Morgan fingerprint density at radius 1 is 0.545 bits per heavy atom. The molecule has 0 bridgehead atoms. The summed E-state index contributed by atoms with van der Waals surface area (Å²) in [6.45, 7) is 8.49. The summed E-state index contributed by atoms with van der Waals surface area (Å²) in [6, 6.07) is 25.6. The molecule has 0 heterocycles. The maximum atomic E-state index is 5.22. The molecule has 0 aliphatic heterocycles. The predicted molar refractivity (Wildman–Crippen MR) is 144 cm³/mol. The van der Waals surface area contributed by atoms with E-state index in [2.05, 4.69) is 131 Å². The van der Waals surface area contributed by atoms with Crippen molar-refractivity contribution in [1.29, 1.82) is 0 Å². The standard InChI is InChI=1S/C28H24N2.CH3.BrH.Pd/c1-17-9-5-10-18(2)25(17)29-27-22-15-7-13-21-14-8-16-23(24(21)22)28(27)30-26-19(3)11-6-12-20(26)4;;;/h5-16H,1-4H3;1H3;1H;/q;-1;;+2/p-1. The van der Waals surface area contributed by atoms with Gasteiger partial charge >= 0.3 is 30.6 Å². The third kappa shape index (κ3) is 4.66. The van der Waals surface area contributed by atoms with E-state index in [0.29, 0.717) is 0 Å². The van der Waals surface area contributed by atoms with Crippen molar-refractivity contribution in [3.8, 4) is 0 Å². The van der Waals surface area contributed by atoms with E-state index in [4.69, 9.17) is 9.98 Å². The van der Waals surface area contributed by atoms with Gasteiger partial charge in [-0.15, -0.1) is 0 Å². The van der Waals surface area contributed by atoms with Gasteiger partial charge in [0.15, 0.2) is 0 Å². The number of rotatable bonds is 2. The molecule has 0 spiro atoms. The molecule has 0 amide bonds. The van der Waals surface area contributed by atoms with Crippen molar-refractivity contribution in [2.75, 3.05) is 0 Å². The average Bonchev–Trinajstić information content (AvgIpc) is 3.09. The maximum absolute atomic E-state index is 5.22. The van der Waals surface area contributed by atoms with Crippen LogP contribution in [0.5, 0.6) is 0 Å². The van der Waals surface area contributed by atoms with Crippen LogP contribution in [-0.4, -0.2) is 11.4 Å². The zero-order valence-electron chi connectivity index (χ0n) is 19.5. The van der Waals surface area contributed by atoms with E-state index < -0.39 is 0 Å². The molecule has 0 aromatic heterocycles. The van der Waals surface area contributed by atoms with E-state index in [9.17, 15) is 0 Å². The maximum Gasteiger partial charge on any atom is -0.358 e. The Bertz CT molecular complexity index is 1240. The van der Waals surface area contributed by atoms with E-state index in [1.165, 1.54) is 33.0 Å². The van der Waals surface area contributed by atoms with E-state index >= 15 is 0 Å². The first-order valence-electron chi connectivity index (χ1n) is 10.5. The smallest absolute Gasteiger partial charge is 0.358 e. The fourth-order valence-electron chi connectivity index (χ4n) is 4.40. The van der Waals surface area contributed by atoms with Crippen LogP contribution in [0.4, 0.5) is 11.4 Å². The summed E-state index contributed by atoms with van der Waals surface area (Å²) in [6.07, 6.45) is 0. The molecule has 4 aromatic rings. The summed E-state index contributed by atoms with van der Waals surface area (Å²) < 4.78 is 0. The number of aliphatic imine (C=N–C) groups is 2. The molecule has 0 N–H and O–H groups in total. The van der Waals surface area contributed by atoms with Crippen LogP contribution in [0.25, 0.3) is 10.8 Å². The Morgan fingerprint density at radius 2 is 0.879 bits per heavy atom. The summed E-state index contributed by atoms with van der Waals surface area (Å²) >= 11 is 5.35. The monoisotopic (exact) mass is 588 g/mol. The largest absolute Gasteiger partial charge is 0.358 e. The van der Waals surface area contributed by atoms with Crippen molar-refractivity contribution in [3.63, 3.8) is 0 Å².